The number of nitrogens with zero attached hydrogens (tertiary/aromatic N) is 4. The van der Waals surface area contributed by atoms with E-state index in [1.54, 1.807) is 12.6 Å². The standard InChI is InChI=1S/C19H30N4O2/c1-19(2,3)23-18(20-14-21-23)13-22-10-6-4-5-8-15(22)12-16(24)17-9-7-11-25-17/h7,9,11,14-16,24H,4-6,8,10,12-13H2,1-3H3/t15-,16-/m1/s1. The summed E-state index contributed by atoms with van der Waals surface area (Å²) in [5.74, 6) is 1.65. The second-order valence-electron chi connectivity index (χ2n) is 8.00. The maximum atomic E-state index is 10.5. The zero-order valence-electron chi connectivity index (χ0n) is 15.6. The van der Waals surface area contributed by atoms with E-state index in [4.69, 9.17) is 4.42 Å². The number of likely N-dealkylation sites (tertiary alicyclic amines) is 1. The van der Waals surface area contributed by atoms with Crippen LogP contribution in [0.2, 0.25) is 0 Å². The zero-order chi connectivity index (χ0) is 17.9. The molecule has 0 saturated carbocycles. The highest BCUT2D eigenvalue weighted by molar-refractivity contribution is 5.03. The molecule has 1 fully saturated rings. The van der Waals surface area contributed by atoms with E-state index in [9.17, 15) is 5.11 Å². The van der Waals surface area contributed by atoms with Crippen molar-refractivity contribution in [3.8, 4) is 0 Å². The molecule has 3 rings (SSSR count). The summed E-state index contributed by atoms with van der Waals surface area (Å²) in [6.07, 6.45) is 8.14. The first-order valence-electron chi connectivity index (χ1n) is 9.30. The predicted octanol–water partition coefficient (Wildman–Crippen LogP) is 3.49. The van der Waals surface area contributed by atoms with Crippen molar-refractivity contribution < 1.29 is 9.52 Å². The first kappa shape index (κ1) is 18.1. The van der Waals surface area contributed by atoms with Crippen molar-refractivity contribution in [3.05, 3.63) is 36.3 Å². The van der Waals surface area contributed by atoms with Gasteiger partial charge in [0.05, 0.1) is 18.3 Å². The van der Waals surface area contributed by atoms with Crippen LogP contribution in [0.1, 0.15) is 70.6 Å². The normalized spacial score (nSPS) is 21.2. The van der Waals surface area contributed by atoms with Crippen LogP contribution in [0.25, 0.3) is 0 Å². The Balaban J connectivity index is 1.74. The van der Waals surface area contributed by atoms with Crippen LogP contribution in [-0.2, 0) is 12.1 Å². The van der Waals surface area contributed by atoms with Crippen molar-refractivity contribution in [2.45, 2.75) is 77.1 Å². The number of aliphatic hydroxyl groups excluding tert-OH is 1. The highest BCUT2D eigenvalue weighted by atomic mass is 16.4. The van der Waals surface area contributed by atoms with E-state index in [-0.39, 0.29) is 5.54 Å². The van der Waals surface area contributed by atoms with Crippen molar-refractivity contribution in [2.24, 2.45) is 0 Å². The highest BCUT2D eigenvalue weighted by Crippen LogP contribution is 2.28. The number of hydrogen-bond acceptors (Lipinski definition) is 5. The monoisotopic (exact) mass is 346 g/mol. The summed E-state index contributed by atoms with van der Waals surface area (Å²) in [4.78, 5) is 6.96. The van der Waals surface area contributed by atoms with E-state index in [1.165, 1.54) is 19.3 Å². The molecule has 0 spiro atoms. The fourth-order valence-corrected chi connectivity index (χ4v) is 3.68. The molecule has 0 amide bonds. The molecular formula is C19H30N4O2. The highest BCUT2D eigenvalue weighted by Gasteiger charge is 2.28. The molecule has 1 saturated heterocycles. The van der Waals surface area contributed by atoms with Gasteiger partial charge in [-0.05, 0) is 58.7 Å². The predicted molar refractivity (Wildman–Crippen MR) is 96.0 cm³/mol. The van der Waals surface area contributed by atoms with Gasteiger partial charge < -0.3 is 9.52 Å². The fraction of sp³-hybridized carbons (Fsp3) is 0.684. The first-order valence-corrected chi connectivity index (χ1v) is 9.30. The largest absolute Gasteiger partial charge is 0.467 e. The Hall–Kier alpha value is -1.66. The van der Waals surface area contributed by atoms with E-state index in [0.717, 1.165) is 25.3 Å². The van der Waals surface area contributed by atoms with Crippen molar-refractivity contribution >= 4 is 0 Å². The molecule has 0 unspecified atom stereocenters. The molecule has 0 aromatic carbocycles. The van der Waals surface area contributed by atoms with Gasteiger partial charge in [0.15, 0.2) is 0 Å². The van der Waals surface area contributed by atoms with Crippen molar-refractivity contribution in [2.75, 3.05) is 6.54 Å². The topological polar surface area (TPSA) is 67.3 Å². The van der Waals surface area contributed by atoms with Gasteiger partial charge in [0, 0.05) is 6.04 Å². The lowest BCUT2D eigenvalue weighted by molar-refractivity contribution is 0.0803. The molecule has 0 aliphatic carbocycles. The van der Waals surface area contributed by atoms with E-state index < -0.39 is 6.10 Å². The van der Waals surface area contributed by atoms with Gasteiger partial charge in [-0.15, -0.1) is 0 Å². The maximum Gasteiger partial charge on any atom is 0.141 e. The number of hydrogen-bond donors (Lipinski definition) is 1. The summed E-state index contributed by atoms with van der Waals surface area (Å²) in [5.41, 5.74) is -0.0825. The molecule has 1 aliphatic rings. The Bertz CT molecular complexity index is 645. The van der Waals surface area contributed by atoms with E-state index >= 15 is 0 Å². The fourth-order valence-electron chi connectivity index (χ4n) is 3.68. The molecule has 6 heteroatoms. The Morgan fingerprint density at radius 3 is 2.88 bits per heavy atom. The second-order valence-corrected chi connectivity index (χ2v) is 8.00. The minimum Gasteiger partial charge on any atom is -0.467 e. The molecule has 2 atom stereocenters. The average molecular weight is 346 g/mol. The molecule has 0 bridgehead atoms. The molecular weight excluding hydrogens is 316 g/mol. The lowest BCUT2D eigenvalue weighted by Gasteiger charge is -2.32. The van der Waals surface area contributed by atoms with Gasteiger partial charge in [0.1, 0.15) is 24.0 Å². The smallest absolute Gasteiger partial charge is 0.141 e. The van der Waals surface area contributed by atoms with Crippen molar-refractivity contribution in [1.82, 2.24) is 19.7 Å². The summed E-state index contributed by atoms with van der Waals surface area (Å²) in [5, 5.41) is 14.9. The summed E-state index contributed by atoms with van der Waals surface area (Å²) < 4.78 is 7.39. The summed E-state index contributed by atoms with van der Waals surface area (Å²) in [7, 11) is 0. The SMILES string of the molecule is CC(C)(C)n1ncnc1CN1CCCCC[C@@H]1C[C@@H](O)c1ccco1. The van der Waals surface area contributed by atoms with Gasteiger partial charge in [-0.25, -0.2) is 9.67 Å². The minimum atomic E-state index is -0.555. The number of rotatable bonds is 5. The van der Waals surface area contributed by atoms with E-state index in [1.807, 2.05) is 16.8 Å². The van der Waals surface area contributed by atoms with Gasteiger partial charge in [-0.3, -0.25) is 4.90 Å². The van der Waals surface area contributed by atoms with Crippen LogP contribution in [-0.4, -0.2) is 37.4 Å². The molecule has 138 valence electrons. The first-order chi connectivity index (χ1) is 11.9. The van der Waals surface area contributed by atoms with Crippen LogP contribution >= 0.6 is 0 Å². The number of furan rings is 1. The van der Waals surface area contributed by atoms with Crippen LogP contribution in [0, 0.1) is 0 Å². The van der Waals surface area contributed by atoms with Gasteiger partial charge >= 0.3 is 0 Å². The average Bonchev–Trinajstić information content (AvgIpc) is 3.19. The van der Waals surface area contributed by atoms with Crippen LogP contribution in [0.5, 0.6) is 0 Å². The van der Waals surface area contributed by atoms with Crippen LogP contribution in [0.15, 0.2) is 29.1 Å². The molecule has 25 heavy (non-hydrogen) atoms. The van der Waals surface area contributed by atoms with Crippen LogP contribution in [0.4, 0.5) is 0 Å². The summed E-state index contributed by atoms with van der Waals surface area (Å²) in [6, 6.07) is 4.00. The number of aromatic nitrogens is 3. The van der Waals surface area contributed by atoms with Gasteiger partial charge in [-0.1, -0.05) is 12.8 Å². The van der Waals surface area contributed by atoms with Gasteiger partial charge in [0.2, 0.25) is 0 Å². The Morgan fingerprint density at radius 1 is 1.32 bits per heavy atom. The molecule has 2 aromatic heterocycles. The molecule has 1 N–H and O–H groups in total. The molecule has 6 nitrogen and oxygen atoms in total. The van der Waals surface area contributed by atoms with E-state index in [2.05, 4.69) is 35.8 Å². The Morgan fingerprint density at radius 2 is 2.16 bits per heavy atom. The van der Waals surface area contributed by atoms with Crippen LogP contribution < -0.4 is 0 Å². The molecule has 0 radical (unpaired) electrons. The maximum absolute atomic E-state index is 10.5. The molecule has 2 aromatic rings. The minimum absolute atomic E-state index is 0.0825. The third-order valence-corrected chi connectivity index (χ3v) is 4.96. The zero-order valence-corrected chi connectivity index (χ0v) is 15.6. The third-order valence-electron chi connectivity index (χ3n) is 4.96. The van der Waals surface area contributed by atoms with E-state index in [0.29, 0.717) is 18.2 Å². The number of aliphatic hydroxyl groups is 1. The van der Waals surface area contributed by atoms with Gasteiger partial charge in [-0.2, -0.15) is 5.10 Å². The second kappa shape index (κ2) is 7.70. The third kappa shape index (κ3) is 4.50. The quantitative estimate of drug-likeness (QED) is 0.897. The van der Waals surface area contributed by atoms with Crippen molar-refractivity contribution in [1.29, 1.82) is 0 Å². The molecule has 3 heterocycles. The van der Waals surface area contributed by atoms with Crippen LogP contribution in [0.3, 0.4) is 0 Å². The lowest BCUT2D eigenvalue weighted by Crippen LogP contribution is -2.37. The summed E-state index contributed by atoms with van der Waals surface area (Å²) in [6.45, 7) is 8.24. The van der Waals surface area contributed by atoms with Gasteiger partial charge in [0.25, 0.3) is 0 Å². The molecule has 1 aliphatic heterocycles. The lowest BCUT2D eigenvalue weighted by atomic mass is 10.0. The summed E-state index contributed by atoms with van der Waals surface area (Å²) >= 11 is 0. The Kier molecular flexibility index (Phi) is 5.59. The van der Waals surface area contributed by atoms with Crippen molar-refractivity contribution in [3.63, 3.8) is 0 Å². The Labute approximate surface area is 149 Å².